The largest absolute Gasteiger partial charge is 0.342 e. The number of benzene rings is 2. The van der Waals surface area contributed by atoms with Crippen LogP contribution in [0.2, 0.25) is 0 Å². The fraction of sp³-hybridized carbons (Fsp3) is 0.500. The summed E-state index contributed by atoms with van der Waals surface area (Å²) in [7, 11) is 1.67. The number of carbonyl (C=O) groups excluding carboxylic acids is 3. The monoisotopic (exact) mass is 810 g/mol. The van der Waals surface area contributed by atoms with Crippen molar-refractivity contribution >= 4 is 39.2 Å². The topological polar surface area (TPSA) is 115 Å². The van der Waals surface area contributed by atoms with Gasteiger partial charge in [0.1, 0.15) is 0 Å². The summed E-state index contributed by atoms with van der Waals surface area (Å²) in [5.41, 5.74) is 3.97. The number of anilines is 2. The van der Waals surface area contributed by atoms with Crippen LogP contribution < -0.4 is 26.6 Å². The number of likely N-dealkylation sites (tertiary alicyclic amines) is 1. The van der Waals surface area contributed by atoms with Crippen LogP contribution in [-0.4, -0.2) is 62.4 Å². The zero-order chi connectivity index (χ0) is 30.2. The van der Waals surface area contributed by atoms with Crippen molar-refractivity contribution in [2.75, 3.05) is 36.8 Å². The summed E-state index contributed by atoms with van der Waals surface area (Å²) < 4.78 is 5.67. The Labute approximate surface area is 273 Å². The number of piperidine rings is 2. The molecule has 224 valence electrons. The molecule has 0 radical (unpaired) electrons. The van der Waals surface area contributed by atoms with Crippen LogP contribution in [0.5, 0.6) is 0 Å². The van der Waals surface area contributed by atoms with Crippen LogP contribution in [-0.2, 0) is 4.79 Å². The Kier molecular flexibility index (Phi) is 16.4. The van der Waals surface area contributed by atoms with Gasteiger partial charge in [-0.05, 0) is 76.9 Å². The second-order valence-electron chi connectivity index (χ2n) is 10.7. The van der Waals surface area contributed by atoms with Gasteiger partial charge in [0.2, 0.25) is 5.91 Å². The fourth-order valence-electron chi connectivity index (χ4n) is 4.55. The van der Waals surface area contributed by atoms with Gasteiger partial charge in [0.15, 0.2) is 0 Å². The van der Waals surface area contributed by atoms with E-state index in [1.807, 2.05) is 81.1 Å². The average molecular weight is 811 g/mol. The van der Waals surface area contributed by atoms with Gasteiger partial charge in [-0.1, -0.05) is 49.2 Å². The maximum absolute atomic E-state index is 12.0. The molecule has 0 saturated carbocycles. The summed E-state index contributed by atoms with van der Waals surface area (Å²) in [4.78, 5) is 37.5. The number of hydrogen-bond donors (Lipinski definition) is 5. The first-order valence-corrected chi connectivity index (χ1v) is 14.0. The van der Waals surface area contributed by atoms with Crippen LogP contribution >= 0.6 is 9.84 Å². The Hall–Kier alpha value is -2.11. The summed E-state index contributed by atoms with van der Waals surface area (Å²) in [6, 6.07) is 15.6. The number of carbonyl (C=O) groups is 3. The third kappa shape index (κ3) is 13.6. The van der Waals surface area contributed by atoms with Crippen LogP contribution in [0.15, 0.2) is 48.5 Å². The molecule has 5 amide bonds. The Morgan fingerprint density at radius 1 is 0.780 bits per heavy atom. The molecule has 9 nitrogen and oxygen atoms in total. The Morgan fingerprint density at radius 3 is 1.56 bits per heavy atom. The van der Waals surface area contributed by atoms with Crippen molar-refractivity contribution in [1.29, 1.82) is 1.28 Å². The molecular weight excluding hydrogens is 761 g/mol. The van der Waals surface area contributed by atoms with Crippen LogP contribution in [0, 0.1) is 50.9 Å². The van der Waals surface area contributed by atoms with Crippen molar-refractivity contribution in [2.24, 2.45) is 5.92 Å². The zero-order valence-corrected chi connectivity index (χ0v) is 30.1. The first-order chi connectivity index (χ1) is 19.7. The van der Waals surface area contributed by atoms with Gasteiger partial charge in [-0.2, -0.15) is 9.84 Å². The number of aryl methyl sites for hydroxylation is 2. The van der Waals surface area contributed by atoms with Crippen LogP contribution in [0.3, 0.4) is 0 Å². The third-order valence-electron chi connectivity index (χ3n) is 6.93. The fourth-order valence-corrected chi connectivity index (χ4v) is 4.55. The minimum Gasteiger partial charge on any atom is -0.342 e. The van der Waals surface area contributed by atoms with Crippen molar-refractivity contribution in [1.82, 2.24) is 20.9 Å². The molecule has 2 saturated heterocycles. The van der Waals surface area contributed by atoms with Crippen LogP contribution in [0.4, 0.5) is 21.0 Å². The number of amides is 5. The van der Waals surface area contributed by atoms with Gasteiger partial charge in [0, 0.05) is 73.6 Å². The molecule has 2 aliphatic heterocycles. The van der Waals surface area contributed by atoms with Crippen LogP contribution in [0.25, 0.3) is 0 Å². The first-order valence-electron chi connectivity index (χ1n) is 14.5. The number of nitrogens with one attached hydrogen (secondary N) is 5. The predicted molar refractivity (Wildman–Crippen MR) is 168 cm³/mol. The molecule has 0 aromatic heterocycles. The Balaban J connectivity index is 0.000000398. The molecule has 2 heterocycles. The van der Waals surface area contributed by atoms with Crippen molar-refractivity contribution in [2.45, 2.75) is 65.5 Å². The number of urea groups is 2. The molecule has 11 heteroatoms. The van der Waals surface area contributed by atoms with Crippen molar-refractivity contribution < 1.29 is 45.5 Å². The predicted octanol–water partition coefficient (Wildman–Crippen LogP) is 4.69. The molecule has 0 bridgehead atoms. The standard InChI is InChI=1S/C17H25N3O2.C13H19N3O.H3P.U/c1-12(2)16(21)20-10-8-15(9-11-20)19-17(22)18-14-6-4-13(3)5-7-14;1-10-2-4-11(5-3-10)15-13(17)16-12-6-8-14-9-7-12;;/h4-7,12,15H,8-11H2,1-3H3,(H2,18,19,22);2-5,12,14H,6-9H2,1H3,(H2,15,16,17);1H3;/i;;1T;. The molecule has 4 rings (SSSR count). The number of rotatable bonds is 5. The minimum atomic E-state index is -0.183. The van der Waals surface area contributed by atoms with E-state index in [1.165, 1.54) is 5.56 Å². The van der Waals surface area contributed by atoms with Gasteiger partial charge in [0.25, 0.3) is 0 Å². The van der Waals surface area contributed by atoms with Gasteiger partial charge in [-0.3, -0.25) is 4.79 Å². The van der Waals surface area contributed by atoms with E-state index in [4.69, 9.17) is 1.28 Å². The zero-order valence-electron chi connectivity index (χ0n) is 25.8. The second-order valence-corrected chi connectivity index (χ2v) is 10.7. The molecule has 2 aromatic carbocycles. The van der Waals surface area contributed by atoms with E-state index in [1.54, 1.807) is 9.84 Å². The Bertz CT molecular complexity index is 1080. The van der Waals surface area contributed by atoms with Crippen LogP contribution in [0.1, 0.15) is 50.7 Å². The van der Waals surface area contributed by atoms with E-state index in [0.717, 1.165) is 55.7 Å². The first kappa shape index (κ1) is 35.1. The van der Waals surface area contributed by atoms with E-state index in [2.05, 4.69) is 26.6 Å². The van der Waals surface area contributed by atoms with E-state index >= 15 is 0 Å². The van der Waals surface area contributed by atoms with Gasteiger partial charge < -0.3 is 31.5 Å². The van der Waals surface area contributed by atoms with Crippen molar-refractivity contribution in [3.8, 4) is 0 Å². The molecule has 2 aliphatic rings. The van der Waals surface area contributed by atoms with Crippen molar-refractivity contribution in [3.63, 3.8) is 0 Å². The SMILES string of the molecule is Cc1ccc(NC(=O)NC2CCN(C(=O)C(C)C)CC2)cc1.Cc1ccc(NC(=O)NC2CCNCC2)cc1.[3H]P.[U]. The average Bonchev–Trinajstić information content (AvgIpc) is 2.97. The maximum atomic E-state index is 12.0. The van der Waals surface area contributed by atoms with E-state index in [0.29, 0.717) is 19.1 Å². The molecule has 2 fully saturated rings. The van der Waals surface area contributed by atoms with Gasteiger partial charge in [-0.15, -0.1) is 0 Å². The summed E-state index contributed by atoms with van der Waals surface area (Å²) in [5, 5.41) is 14.9. The molecule has 0 aliphatic carbocycles. The summed E-state index contributed by atoms with van der Waals surface area (Å²) >= 11 is 0. The molecule has 0 spiro atoms. The molecule has 1 unspecified atom stereocenters. The molecular formula is C30H47N6O3PU. The van der Waals surface area contributed by atoms with Gasteiger partial charge in [-0.25, -0.2) is 9.59 Å². The number of nitrogens with zero attached hydrogens (tertiary/aromatic N) is 1. The smallest absolute Gasteiger partial charge is 0.319 e. The number of hydrogen-bond acceptors (Lipinski definition) is 4. The summed E-state index contributed by atoms with van der Waals surface area (Å²) in [5.74, 6) is 0.233. The Morgan fingerprint density at radius 2 is 1.17 bits per heavy atom. The van der Waals surface area contributed by atoms with Gasteiger partial charge >= 0.3 is 12.1 Å². The van der Waals surface area contributed by atoms with Gasteiger partial charge in [0.05, 0.1) is 1.28 Å². The summed E-state index contributed by atoms with van der Waals surface area (Å²) in [6.45, 7) is 11.3. The molecule has 1 atom stereocenters. The van der Waals surface area contributed by atoms with Crippen molar-refractivity contribution in [3.05, 3.63) is 59.7 Å². The van der Waals surface area contributed by atoms with E-state index in [-0.39, 0.29) is 61.0 Å². The third-order valence-corrected chi connectivity index (χ3v) is 6.93. The van der Waals surface area contributed by atoms with E-state index < -0.39 is 0 Å². The quantitative estimate of drug-likeness (QED) is 0.283. The van der Waals surface area contributed by atoms with E-state index in [9.17, 15) is 14.4 Å². The second kappa shape index (κ2) is 19.2. The molecule has 2 aromatic rings. The normalized spacial score (nSPS) is 15.5. The maximum Gasteiger partial charge on any atom is 0.319 e. The minimum absolute atomic E-state index is 0. The summed E-state index contributed by atoms with van der Waals surface area (Å²) in [6.07, 6.45) is 3.61. The molecule has 41 heavy (non-hydrogen) atoms. The molecule has 5 N–H and O–H groups in total.